The number of halogens is 3. The maximum atomic E-state index is 12.8. The van der Waals surface area contributed by atoms with Crippen LogP contribution >= 0.6 is 0 Å². The molecule has 0 fully saturated rings. The number of alkyl halides is 3. The zero-order valence-corrected chi connectivity index (χ0v) is 17.5. The quantitative estimate of drug-likeness (QED) is 0.566. The first-order chi connectivity index (χ1) is 15.7. The van der Waals surface area contributed by atoms with Crippen LogP contribution in [-0.2, 0) is 20.5 Å². The van der Waals surface area contributed by atoms with Gasteiger partial charge in [-0.3, -0.25) is 4.79 Å². The molecule has 170 valence electrons. The highest BCUT2D eigenvalue weighted by Gasteiger charge is 2.40. The van der Waals surface area contributed by atoms with Crippen LogP contribution in [0.15, 0.2) is 72.8 Å². The normalized spacial score (nSPS) is 14.7. The summed E-state index contributed by atoms with van der Waals surface area (Å²) in [5.41, 5.74) is 2.55. The van der Waals surface area contributed by atoms with E-state index < -0.39 is 41.7 Å². The first-order valence-electron chi connectivity index (χ1n) is 10.1. The highest BCUT2D eigenvalue weighted by Crippen LogP contribution is 2.46. The van der Waals surface area contributed by atoms with Gasteiger partial charge in [0.25, 0.3) is 5.91 Å². The summed E-state index contributed by atoms with van der Waals surface area (Å²) in [6, 6.07) is 17.4. The summed E-state index contributed by atoms with van der Waals surface area (Å²) in [5.74, 6) is -2.19. The number of nitrogens with one attached hydrogen (secondary N) is 1. The molecule has 0 bridgehead atoms. The second-order valence-electron chi connectivity index (χ2n) is 7.68. The molecule has 1 aliphatic carbocycles. The number of aliphatic hydroxyl groups is 1. The lowest BCUT2D eigenvalue weighted by Crippen LogP contribution is -2.47. The summed E-state index contributed by atoms with van der Waals surface area (Å²) in [6.45, 7) is 0. The monoisotopic (exact) mass is 455 g/mol. The lowest BCUT2D eigenvalue weighted by Gasteiger charge is -2.25. The molecule has 0 aliphatic heterocycles. The van der Waals surface area contributed by atoms with Gasteiger partial charge in [-0.1, -0.05) is 60.7 Å². The molecule has 0 saturated heterocycles. The molecule has 2 atom stereocenters. The molecule has 0 heterocycles. The Labute approximate surface area is 187 Å². The third kappa shape index (κ3) is 4.21. The van der Waals surface area contributed by atoms with Crippen molar-refractivity contribution in [3.8, 4) is 11.1 Å². The molecular weight excluding hydrogens is 435 g/mol. The molecule has 1 aliphatic rings. The van der Waals surface area contributed by atoms with Crippen LogP contribution in [0.3, 0.4) is 0 Å². The number of carbonyl (C=O) groups is 2. The number of aliphatic hydroxyl groups excluding tert-OH is 1. The predicted octanol–water partition coefficient (Wildman–Crippen LogP) is 4.21. The van der Waals surface area contributed by atoms with Gasteiger partial charge in [0.05, 0.1) is 12.7 Å². The highest BCUT2D eigenvalue weighted by atomic mass is 19.4. The van der Waals surface area contributed by atoms with Crippen LogP contribution < -0.4 is 5.32 Å². The van der Waals surface area contributed by atoms with E-state index in [1.54, 1.807) is 0 Å². The molecule has 2 N–H and O–H groups in total. The SMILES string of the molecule is COC(=O)[C@@H](NC(=O)[C@@H](O)c1ccc(C(F)(F)F)cc1)C1c2ccccc2-c2ccccc21. The molecule has 4 rings (SSSR count). The van der Waals surface area contributed by atoms with Crippen LogP contribution in [-0.4, -0.2) is 30.1 Å². The summed E-state index contributed by atoms with van der Waals surface area (Å²) < 4.78 is 43.3. The predicted molar refractivity (Wildman–Crippen MR) is 114 cm³/mol. The second-order valence-corrected chi connectivity index (χ2v) is 7.68. The van der Waals surface area contributed by atoms with E-state index in [0.29, 0.717) is 0 Å². The smallest absolute Gasteiger partial charge is 0.416 e. The van der Waals surface area contributed by atoms with Crippen LogP contribution in [0.5, 0.6) is 0 Å². The number of hydrogen-bond donors (Lipinski definition) is 2. The summed E-state index contributed by atoms with van der Waals surface area (Å²) in [6.07, 6.45) is -6.31. The van der Waals surface area contributed by atoms with Crippen molar-refractivity contribution in [2.75, 3.05) is 7.11 Å². The lowest BCUT2D eigenvalue weighted by molar-refractivity contribution is -0.146. The highest BCUT2D eigenvalue weighted by molar-refractivity contribution is 5.91. The molecular formula is C25H20F3NO4. The van der Waals surface area contributed by atoms with Crippen molar-refractivity contribution in [3.05, 3.63) is 95.1 Å². The fraction of sp³-hybridized carbons (Fsp3) is 0.200. The zero-order valence-electron chi connectivity index (χ0n) is 17.5. The molecule has 33 heavy (non-hydrogen) atoms. The third-order valence-electron chi connectivity index (χ3n) is 5.77. The number of hydrogen-bond acceptors (Lipinski definition) is 4. The van der Waals surface area contributed by atoms with E-state index in [-0.39, 0.29) is 5.56 Å². The minimum atomic E-state index is -4.54. The van der Waals surface area contributed by atoms with Gasteiger partial charge < -0.3 is 15.2 Å². The second kappa shape index (κ2) is 8.71. The maximum absolute atomic E-state index is 12.8. The molecule has 0 radical (unpaired) electrons. The molecule has 5 nitrogen and oxygen atoms in total. The number of carbonyl (C=O) groups excluding carboxylic acids is 2. The van der Waals surface area contributed by atoms with Gasteiger partial charge in [0.15, 0.2) is 6.10 Å². The summed E-state index contributed by atoms with van der Waals surface area (Å²) >= 11 is 0. The average Bonchev–Trinajstić information content (AvgIpc) is 3.15. The fourth-order valence-electron chi connectivity index (χ4n) is 4.20. The Kier molecular flexibility index (Phi) is 5.95. The van der Waals surface area contributed by atoms with Crippen molar-refractivity contribution in [2.24, 2.45) is 0 Å². The molecule has 3 aromatic rings. The molecule has 1 amide bonds. The van der Waals surface area contributed by atoms with Crippen LogP contribution in [0.1, 0.15) is 34.3 Å². The number of benzene rings is 3. The lowest BCUT2D eigenvalue weighted by atomic mass is 9.89. The van der Waals surface area contributed by atoms with Crippen molar-refractivity contribution in [2.45, 2.75) is 24.2 Å². The maximum Gasteiger partial charge on any atom is 0.416 e. The summed E-state index contributed by atoms with van der Waals surface area (Å²) in [7, 11) is 1.19. The van der Waals surface area contributed by atoms with E-state index in [1.807, 2.05) is 48.5 Å². The Hall–Kier alpha value is -3.65. The van der Waals surface area contributed by atoms with E-state index in [4.69, 9.17) is 4.74 Å². The average molecular weight is 455 g/mol. The van der Waals surface area contributed by atoms with E-state index in [0.717, 1.165) is 46.5 Å². The van der Waals surface area contributed by atoms with Crippen molar-refractivity contribution < 1.29 is 32.6 Å². The van der Waals surface area contributed by atoms with Crippen LogP contribution in [0, 0.1) is 0 Å². The number of ether oxygens (including phenoxy) is 1. The van der Waals surface area contributed by atoms with Gasteiger partial charge in [0, 0.05) is 5.92 Å². The van der Waals surface area contributed by atoms with E-state index >= 15 is 0 Å². The third-order valence-corrected chi connectivity index (χ3v) is 5.77. The van der Waals surface area contributed by atoms with Crippen molar-refractivity contribution in [1.82, 2.24) is 5.32 Å². The minimum absolute atomic E-state index is 0.0312. The van der Waals surface area contributed by atoms with Gasteiger partial charge in [-0.15, -0.1) is 0 Å². The number of amides is 1. The van der Waals surface area contributed by atoms with E-state index in [1.165, 1.54) is 7.11 Å². The van der Waals surface area contributed by atoms with Crippen molar-refractivity contribution >= 4 is 11.9 Å². The standard InChI is InChI=1S/C25H20F3NO4/c1-33-24(32)21(20-18-8-4-2-6-16(18)17-7-3-5-9-19(17)20)29-23(31)22(30)14-10-12-15(13-11-14)25(26,27)28/h2-13,20-22,30H,1H3,(H,29,31)/t21-,22-/m0/s1. The molecule has 0 saturated carbocycles. The summed E-state index contributed by atoms with van der Waals surface area (Å²) in [5, 5.41) is 13.0. The van der Waals surface area contributed by atoms with Crippen molar-refractivity contribution in [3.63, 3.8) is 0 Å². The Bertz CT molecular complexity index is 1150. The van der Waals surface area contributed by atoms with Crippen molar-refractivity contribution in [1.29, 1.82) is 0 Å². The van der Waals surface area contributed by atoms with Gasteiger partial charge in [0.2, 0.25) is 0 Å². The zero-order chi connectivity index (χ0) is 23.8. The molecule has 0 spiro atoms. The topological polar surface area (TPSA) is 75.6 Å². The van der Waals surface area contributed by atoms with Gasteiger partial charge in [0.1, 0.15) is 6.04 Å². The van der Waals surface area contributed by atoms with Crippen LogP contribution in [0.4, 0.5) is 13.2 Å². The number of rotatable bonds is 5. The minimum Gasteiger partial charge on any atom is -0.467 e. The first-order valence-corrected chi connectivity index (χ1v) is 10.1. The first kappa shape index (κ1) is 22.5. The Morgan fingerprint density at radius 2 is 1.42 bits per heavy atom. The van der Waals surface area contributed by atoms with Gasteiger partial charge in [-0.2, -0.15) is 13.2 Å². The van der Waals surface area contributed by atoms with Gasteiger partial charge in [-0.25, -0.2) is 4.79 Å². The largest absolute Gasteiger partial charge is 0.467 e. The number of esters is 1. The Morgan fingerprint density at radius 3 is 1.91 bits per heavy atom. The number of methoxy groups -OCH3 is 1. The van der Waals surface area contributed by atoms with Gasteiger partial charge in [-0.05, 0) is 39.9 Å². The molecule has 8 heteroatoms. The Morgan fingerprint density at radius 1 is 0.909 bits per heavy atom. The number of fused-ring (bicyclic) bond motifs is 3. The van der Waals surface area contributed by atoms with Crippen LogP contribution in [0.25, 0.3) is 11.1 Å². The Balaban J connectivity index is 1.64. The van der Waals surface area contributed by atoms with Crippen LogP contribution in [0.2, 0.25) is 0 Å². The van der Waals surface area contributed by atoms with Gasteiger partial charge >= 0.3 is 12.1 Å². The summed E-state index contributed by atoms with van der Waals surface area (Å²) in [4.78, 5) is 25.6. The van der Waals surface area contributed by atoms with E-state index in [2.05, 4.69) is 5.32 Å². The fourth-order valence-corrected chi connectivity index (χ4v) is 4.20. The van der Waals surface area contributed by atoms with E-state index in [9.17, 15) is 27.9 Å². The molecule has 0 aromatic heterocycles. The molecule has 3 aromatic carbocycles. The molecule has 0 unspecified atom stereocenters.